The third-order valence-corrected chi connectivity index (χ3v) is 8.32. The van der Waals surface area contributed by atoms with E-state index in [0.717, 1.165) is 41.5 Å². The van der Waals surface area contributed by atoms with Crippen LogP contribution in [0.4, 0.5) is 5.69 Å². The van der Waals surface area contributed by atoms with Gasteiger partial charge in [-0.05, 0) is 38.0 Å². The summed E-state index contributed by atoms with van der Waals surface area (Å²) >= 11 is 3.49. The molecule has 2 N–H and O–H groups in total. The van der Waals surface area contributed by atoms with Crippen LogP contribution in [0, 0.1) is 18.3 Å². The Balaban J connectivity index is 1.48. The highest BCUT2D eigenvalue weighted by atomic mass is 79.9. The van der Waals surface area contributed by atoms with E-state index in [0.29, 0.717) is 23.7 Å². The van der Waals surface area contributed by atoms with Crippen molar-refractivity contribution in [3.05, 3.63) is 82.9 Å². The number of nitriles is 1. The molecule has 3 heterocycles. The Labute approximate surface area is 238 Å². The number of hydrogen-bond acceptors (Lipinski definition) is 5. The smallest absolute Gasteiger partial charge is 0.247 e. The number of rotatable bonds is 11. The van der Waals surface area contributed by atoms with Crippen LogP contribution in [0.5, 0.6) is 5.88 Å². The fourth-order valence-corrected chi connectivity index (χ4v) is 6.36. The van der Waals surface area contributed by atoms with E-state index in [9.17, 15) is 10.1 Å². The first-order chi connectivity index (χ1) is 19.1. The van der Waals surface area contributed by atoms with Gasteiger partial charge in [-0.3, -0.25) is 4.79 Å². The lowest BCUT2D eigenvalue weighted by molar-refractivity contribution is -0.121. The fourth-order valence-electron chi connectivity index (χ4n) is 5.96. The highest BCUT2D eigenvalue weighted by Gasteiger charge is 2.61. The Kier molecular flexibility index (Phi) is 8.08. The van der Waals surface area contributed by atoms with Crippen LogP contribution in [0.3, 0.4) is 0 Å². The van der Waals surface area contributed by atoms with Crippen LogP contribution in [0.25, 0.3) is 5.69 Å². The Bertz CT molecular complexity index is 1420. The number of fused-ring (bicyclic) bond motifs is 4. The summed E-state index contributed by atoms with van der Waals surface area (Å²) in [5, 5.41) is 16.2. The quantitative estimate of drug-likeness (QED) is 0.206. The average molecular weight is 589 g/mol. The number of nitrogens with zero attached hydrogens (tertiary/aromatic N) is 4. The summed E-state index contributed by atoms with van der Waals surface area (Å²) < 4.78 is 7.72. The molecule has 1 unspecified atom stereocenters. The standard InChI is InChI=1S/C31H34BrN5O2/c1-22-27-29(37(35-22)23-15-9-8-10-16-23)39-28(34)25(21-33)31(27)24-17-11-12-18-26(24)36(30(31)38)20-14-7-5-3-2-4-6-13-19-32/h8-12,15-18H,2-7,13-14,19-20,34H2,1H3. The first-order valence-corrected chi connectivity index (χ1v) is 14.9. The lowest BCUT2D eigenvalue weighted by atomic mass is 9.69. The summed E-state index contributed by atoms with van der Waals surface area (Å²) in [6.45, 7) is 2.44. The number of aromatic nitrogens is 2. The molecule has 39 heavy (non-hydrogen) atoms. The third-order valence-electron chi connectivity index (χ3n) is 7.76. The summed E-state index contributed by atoms with van der Waals surface area (Å²) in [7, 11) is 0. The predicted octanol–water partition coefficient (Wildman–Crippen LogP) is 6.42. The summed E-state index contributed by atoms with van der Waals surface area (Å²) in [5.41, 5.74) is 8.69. The van der Waals surface area contributed by atoms with Crippen molar-refractivity contribution in [2.24, 2.45) is 5.73 Å². The second-order valence-corrected chi connectivity index (χ2v) is 11.0. The predicted molar refractivity (Wildman–Crippen MR) is 156 cm³/mol. The van der Waals surface area contributed by atoms with E-state index in [4.69, 9.17) is 15.6 Å². The first-order valence-electron chi connectivity index (χ1n) is 13.8. The van der Waals surface area contributed by atoms with Gasteiger partial charge < -0.3 is 15.4 Å². The Morgan fingerprint density at radius 2 is 1.62 bits per heavy atom. The molecule has 2 aliphatic rings. The molecule has 2 aliphatic heterocycles. The van der Waals surface area contributed by atoms with Gasteiger partial charge in [0.15, 0.2) is 0 Å². The van der Waals surface area contributed by atoms with Crippen LogP contribution in [-0.2, 0) is 10.2 Å². The summed E-state index contributed by atoms with van der Waals surface area (Å²) in [5.74, 6) is 0.144. The van der Waals surface area contributed by atoms with E-state index in [1.807, 2.05) is 66.4 Å². The molecule has 8 heteroatoms. The van der Waals surface area contributed by atoms with Crippen molar-refractivity contribution < 1.29 is 9.53 Å². The number of halogens is 1. The van der Waals surface area contributed by atoms with E-state index < -0.39 is 5.41 Å². The molecule has 1 atom stereocenters. The number of anilines is 1. The molecule has 1 amide bonds. The fraction of sp³-hybridized carbons (Fsp3) is 0.387. The minimum atomic E-state index is -1.39. The van der Waals surface area contributed by atoms with Gasteiger partial charge in [-0.2, -0.15) is 10.4 Å². The molecule has 0 fully saturated rings. The number of carbonyl (C=O) groups is 1. The number of nitrogens with two attached hydrogens (primary N) is 1. The number of hydrogen-bond donors (Lipinski definition) is 1. The maximum Gasteiger partial charge on any atom is 0.247 e. The minimum absolute atomic E-state index is 0.0630. The second kappa shape index (κ2) is 11.7. The number of benzene rings is 2. The molecule has 0 bridgehead atoms. The Hall–Kier alpha value is -3.57. The molecule has 202 valence electrons. The average Bonchev–Trinajstić information content (AvgIpc) is 3.40. The number of carbonyl (C=O) groups excluding carboxylic acids is 1. The van der Waals surface area contributed by atoms with Crippen molar-refractivity contribution in [2.45, 2.75) is 63.7 Å². The van der Waals surface area contributed by atoms with Crippen molar-refractivity contribution in [3.8, 4) is 17.6 Å². The highest BCUT2D eigenvalue weighted by molar-refractivity contribution is 9.09. The zero-order chi connectivity index (χ0) is 27.4. The van der Waals surface area contributed by atoms with Crippen LogP contribution >= 0.6 is 15.9 Å². The van der Waals surface area contributed by atoms with Gasteiger partial charge in [0.05, 0.1) is 16.9 Å². The Morgan fingerprint density at radius 3 is 2.31 bits per heavy atom. The molecule has 2 aromatic carbocycles. The molecule has 1 aromatic heterocycles. The molecular formula is C31H34BrN5O2. The summed E-state index contributed by atoms with van der Waals surface area (Å²) in [6.07, 6.45) is 9.36. The van der Waals surface area contributed by atoms with Gasteiger partial charge in [-0.15, -0.1) is 0 Å². The van der Waals surface area contributed by atoms with E-state index in [2.05, 4.69) is 22.0 Å². The van der Waals surface area contributed by atoms with Gasteiger partial charge in [-0.25, -0.2) is 4.68 Å². The number of aryl methyl sites for hydroxylation is 1. The molecule has 3 aromatic rings. The van der Waals surface area contributed by atoms with E-state index in [1.165, 1.54) is 32.1 Å². The molecule has 7 nitrogen and oxygen atoms in total. The van der Waals surface area contributed by atoms with E-state index in [-0.39, 0.29) is 17.4 Å². The van der Waals surface area contributed by atoms with E-state index >= 15 is 0 Å². The zero-order valence-corrected chi connectivity index (χ0v) is 23.9. The van der Waals surface area contributed by atoms with Crippen molar-refractivity contribution in [1.29, 1.82) is 5.26 Å². The maximum absolute atomic E-state index is 14.6. The monoisotopic (exact) mass is 587 g/mol. The summed E-state index contributed by atoms with van der Waals surface area (Å²) in [6, 6.07) is 19.6. The molecule has 0 saturated heterocycles. The number of unbranched alkanes of at least 4 members (excludes halogenated alkanes) is 7. The number of para-hydroxylation sites is 2. The molecule has 5 rings (SSSR count). The van der Waals surface area contributed by atoms with Crippen molar-refractivity contribution >= 4 is 27.5 Å². The number of ether oxygens (including phenoxy) is 1. The summed E-state index contributed by atoms with van der Waals surface area (Å²) in [4.78, 5) is 16.4. The largest absolute Gasteiger partial charge is 0.422 e. The third kappa shape index (κ3) is 4.63. The van der Waals surface area contributed by atoms with Gasteiger partial charge in [0, 0.05) is 23.1 Å². The van der Waals surface area contributed by atoms with Crippen LogP contribution in [0.15, 0.2) is 66.1 Å². The number of amides is 1. The van der Waals surface area contributed by atoms with Gasteiger partial charge in [0.25, 0.3) is 0 Å². The SMILES string of the molecule is Cc1nn(-c2ccccc2)c2c1C1(C(=O)N(CCCCCCCCCCBr)c3ccccc31)C(C#N)=C(N)O2. The van der Waals surface area contributed by atoms with Gasteiger partial charge >= 0.3 is 0 Å². The maximum atomic E-state index is 14.6. The van der Waals surface area contributed by atoms with E-state index in [1.54, 1.807) is 4.68 Å². The van der Waals surface area contributed by atoms with Crippen LogP contribution in [0.2, 0.25) is 0 Å². The second-order valence-electron chi connectivity index (χ2n) is 10.2. The van der Waals surface area contributed by atoms with Gasteiger partial charge in [0.1, 0.15) is 17.1 Å². The van der Waals surface area contributed by atoms with Crippen molar-refractivity contribution in [3.63, 3.8) is 0 Å². The van der Waals surface area contributed by atoms with Crippen molar-refractivity contribution in [2.75, 3.05) is 16.8 Å². The zero-order valence-electron chi connectivity index (χ0n) is 22.3. The Morgan fingerprint density at radius 1 is 0.974 bits per heavy atom. The molecule has 0 saturated carbocycles. The van der Waals surface area contributed by atoms with Crippen LogP contribution in [0.1, 0.15) is 68.2 Å². The van der Waals surface area contributed by atoms with Crippen molar-refractivity contribution in [1.82, 2.24) is 9.78 Å². The molecule has 1 spiro atoms. The minimum Gasteiger partial charge on any atom is -0.422 e. The normalized spacial score (nSPS) is 17.8. The lowest BCUT2D eigenvalue weighted by Gasteiger charge is -2.33. The molecular weight excluding hydrogens is 554 g/mol. The highest BCUT2D eigenvalue weighted by Crippen LogP contribution is 2.56. The first kappa shape index (κ1) is 27.0. The number of alkyl halides is 1. The molecule has 0 aliphatic carbocycles. The topological polar surface area (TPSA) is 97.2 Å². The lowest BCUT2D eigenvalue weighted by Crippen LogP contribution is -2.46. The van der Waals surface area contributed by atoms with Gasteiger partial charge in [-0.1, -0.05) is 90.9 Å². The van der Waals surface area contributed by atoms with Crippen LogP contribution in [-0.4, -0.2) is 27.6 Å². The molecule has 0 radical (unpaired) electrons. The van der Waals surface area contributed by atoms with Gasteiger partial charge in [0.2, 0.25) is 17.7 Å². The van der Waals surface area contributed by atoms with Crippen LogP contribution < -0.4 is 15.4 Å².